The highest BCUT2D eigenvalue weighted by molar-refractivity contribution is 5.87. The Morgan fingerprint density at radius 3 is 2.81 bits per heavy atom. The number of piperazine rings is 1. The number of nitrogens with one attached hydrogen (secondary N) is 1. The van der Waals surface area contributed by atoms with Crippen LogP contribution in [-0.2, 0) is 14.3 Å². The summed E-state index contributed by atoms with van der Waals surface area (Å²) in [5, 5.41) is 3.01. The molecule has 0 spiro atoms. The van der Waals surface area contributed by atoms with E-state index >= 15 is 0 Å². The smallest absolute Gasteiger partial charge is 0.308 e. The molecule has 6 heteroatoms. The molecule has 5 nitrogen and oxygen atoms in total. The molecule has 1 aliphatic heterocycles. The molecule has 0 bridgehead atoms. The van der Waals surface area contributed by atoms with Gasteiger partial charge >= 0.3 is 5.97 Å². The van der Waals surface area contributed by atoms with Gasteiger partial charge in [0.1, 0.15) is 0 Å². The molecule has 16 heavy (non-hydrogen) atoms. The number of likely N-dealkylation sites (N-methyl/N-ethyl adjacent to an activating group) is 1. The van der Waals surface area contributed by atoms with E-state index in [0.29, 0.717) is 6.54 Å². The molecule has 0 aromatic carbocycles. The maximum absolute atomic E-state index is 11.6. The van der Waals surface area contributed by atoms with Gasteiger partial charge in [-0.15, -0.1) is 12.4 Å². The summed E-state index contributed by atoms with van der Waals surface area (Å²) in [7, 11) is 1.74. The first-order chi connectivity index (χ1) is 7.00. The van der Waals surface area contributed by atoms with Gasteiger partial charge in [-0.05, 0) is 13.8 Å². The van der Waals surface area contributed by atoms with E-state index in [4.69, 9.17) is 4.74 Å². The summed E-state index contributed by atoms with van der Waals surface area (Å²) >= 11 is 0. The molecule has 0 aromatic heterocycles. The van der Waals surface area contributed by atoms with E-state index in [0.717, 1.165) is 6.54 Å². The van der Waals surface area contributed by atoms with Crippen LogP contribution < -0.4 is 5.32 Å². The Kier molecular flexibility index (Phi) is 6.36. The zero-order chi connectivity index (χ0) is 11.4. The fourth-order valence-corrected chi connectivity index (χ4v) is 1.51. The third kappa shape index (κ3) is 4.37. The van der Waals surface area contributed by atoms with E-state index in [1.54, 1.807) is 25.8 Å². The third-order valence-electron chi connectivity index (χ3n) is 2.25. The Balaban J connectivity index is 0.00000225. The van der Waals surface area contributed by atoms with Gasteiger partial charge in [-0.2, -0.15) is 0 Å². The topological polar surface area (TPSA) is 58.6 Å². The van der Waals surface area contributed by atoms with Gasteiger partial charge < -0.3 is 15.0 Å². The van der Waals surface area contributed by atoms with Crippen molar-refractivity contribution >= 4 is 24.3 Å². The molecule has 1 aliphatic rings. The van der Waals surface area contributed by atoms with Gasteiger partial charge in [-0.3, -0.25) is 9.59 Å². The Morgan fingerprint density at radius 1 is 1.62 bits per heavy atom. The quantitative estimate of drug-likeness (QED) is 0.726. The van der Waals surface area contributed by atoms with Crippen molar-refractivity contribution in [3.05, 3.63) is 0 Å². The van der Waals surface area contributed by atoms with Crippen LogP contribution in [0.25, 0.3) is 0 Å². The number of halogens is 1. The average Bonchev–Trinajstić information content (AvgIpc) is 2.11. The second-order valence-electron chi connectivity index (χ2n) is 4.01. The van der Waals surface area contributed by atoms with Gasteiger partial charge in [0.2, 0.25) is 5.91 Å². The van der Waals surface area contributed by atoms with E-state index in [1.165, 1.54) is 0 Å². The van der Waals surface area contributed by atoms with Crippen molar-refractivity contribution in [1.82, 2.24) is 10.2 Å². The summed E-state index contributed by atoms with van der Waals surface area (Å²) in [5.41, 5.74) is 0. The molecule has 1 rings (SSSR count). The fraction of sp³-hybridized carbons (Fsp3) is 0.800. The number of carbonyl (C=O) groups is 2. The first-order valence-corrected chi connectivity index (χ1v) is 5.18. The minimum atomic E-state index is -0.421. The van der Waals surface area contributed by atoms with Crippen LogP contribution in [0.15, 0.2) is 0 Å². The normalized spacial score (nSPS) is 20.6. The lowest BCUT2D eigenvalue weighted by Gasteiger charge is -2.29. The van der Waals surface area contributed by atoms with Crippen LogP contribution in [0.5, 0.6) is 0 Å². The number of hydrogen-bond donors (Lipinski definition) is 1. The summed E-state index contributed by atoms with van der Waals surface area (Å²) in [6.07, 6.45) is -0.0182. The van der Waals surface area contributed by atoms with E-state index in [2.05, 4.69) is 5.32 Å². The van der Waals surface area contributed by atoms with Gasteiger partial charge in [0.25, 0.3) is 0 Å². The Morgan fingerprint density at radius 2 is 2.25 bits per heavy atom. The van der Waals surface area contributed by atoms with Crippen molar-refractivity contribution in [2.24, 2.45) is 0 Å². The predicted octanol–water partition coefficient (Wildman–Crippen LogP) is 0.180. The summed E-state index contributed by atoms with van der Waals surface area (Å²) in [5.74, 6) is -0.367. The number of esters is 1. The van der Waals surface area contributed by atoms with Crippen LogP contribution >= 0.6 is 12.4 Å². The molecule has 94 valence electrons. The van der Waals surface area contributed by atoms with Crippen LogP contribution in [0, 0.1) is 0 Å². The Hall–Kier alpha value is -0.810. The number of rotatable bonds is 3. The molecule has 0 saturated carbocycles. The molecule has 1 heterocycles. The first-order valence-electron chi connectivity index (χ1n) is 5.18. The molecule has 1 saturated heterocycles. The Bertz CT molecular complexity index is 258. The number of carbonyl (C=O) groups excluding carboxylic acids is 2. The zero-order valence-electron chi connectivity index (χ0n) is 9.86. The predicted molar refractivity (Wildman–Crippen MR) is 62.5 cm³/mol. The van der Waals surface area contributed by atoms with Crippen LogP contribution in [0.4, 0.5) is 0 Å². The number of amides is 1. The highest BCUT2D eigenvalue weighted by atomic mass is 35.5. The minimum Gasteiger partial charge on any atom is -0.463 e. The van der Waals surface area contributed by atoms with Gasteiger partial charge in [0.05, 0.1) is 18.6 Å². The van der Waals surface area contributed by atoms with Gasteiger partial charge in [-0.25, -0.2) is 0 Å². The highest BCUT2D eigenvalue weighted by Gasteiger charge is 2.28. The molecule has 1 atom stereocenters. The van der Waals surface area contributed by atoms with Crippen LogP contribution in [-0.4, -0.2) is 49.1 Å². The van der Waals surface area contributed by atoms with E-state index in [-0.39, 0.29) is 36.8 Å². The SMILES string of the molecule is CC(C)OC(=O)CC1NCCN(C)C1=O.Cl. The number of nitrogens with zero attached hydrogens (tertiary/aromatic N) is 1. The monoisotopic (exact) mass is 250 g/mol. The lowest BCUT2D eigenvalue weighted by Crippen LogP contribution is -2.54. The van der Waals surface area contributed by atoms with Crippen LogP contribution in [0.2, 0.25) is 0 Å². The van der Waals surface area contributed by atoms with E-state index < -0.39 is 6.04 Å². The third-order valence-corrected chi connectivity index (χ3v) is 2.25. The summed E-state index contributed by atoms with van der Waals surface area (Å²) in [6.45, 7) is 5.00. The highest BCUT2D eigenvalue weighted by Crippen LogP contribution is 2.05. The molecule has 1 unspecified atom stereocenters. The largest absolute Gasteiger partial charge is 0.463 e. The summed E-state index contributed by atoms with van der Waals surface area (Å²) in [6, 6.07) is -0.421. The fourth-order valence-electron chi connectivity index (χ4n) is 1.51. The molecule has 0 aromatic rings. The van der Waals surface area contributed by atoms with Crippen LogP contribution in [0.3, 0.4) is 0 Å². The molecule has 1 amide bonds. The van der Waals surface area contributed by atoms with E-state index in [1.807, 2.05) is 0 Å². The van der Waals surface area contributed by atoms with Crippen molar-refractivity contribution in [1.29, 1.82) is 0 Å². The van der Waals surface area contributed by atoms with Gasteiger partial charge in [0.15, 0.2) is 0 Å². The van der Waals surface area contributed by atoms with Crippen LogP contribution in [0.1, 0.15) is 20.3 Å². The van der Waals surface area contributed by atoms with Crippen molar-refractivity contribution < 1.29 is 14.3 Å². The van der Waals surface area contributed by atoms with E-state index in [9.17, 15) is 9.59 Å². The molecule has 1 N–H and O–H groups in total. The summed E-state index contributed by atoms with van der Waals surface area (Å²) < 4.78 is 4.99. The molecular weight excluding hydrogens is 232 g/mol. The zero-order valence-corrected chi connectivity index (χ0v) is 10.7. The maximum atomic E-state index is 11.6. The second-order valence-corrected chi connectivity index (χ2v) is 4.01. The molecule has 0 aliphatic carbocycles. The second kappa shape index (κ2) is 6.70. The lowest BCUT2D eigenvalue weighted by atomic mass is 10.1. The minimum absolute atomic E-state index is 0. The number of ether oxygens (including phenoxy) is 1. The average molecular weight is 251 g/mol. The molecule has 1 fully saturated rings. The standard InChI is InChI=1S/C10H18N2O3.ClH/c1-7(2)15-9(13)6-8-10(14)12(3)5-4-11-8;/h7-8,11H,4-6H2,1-3H3;1H. The number of hydrogen-bond acceptors (Lipinski definition) is 4. The van der Waals surface area contributed by atoms with Crippen molar-refractivity contribution in [3.8, 4) is 0 Å². The van der Waals surface area contributed by atoms with Gasteiger partial charge in [-0.1, -0.05) is 0 Å². The molecule has 0 radical (unpaired) electrons. The molecular formula is C10H19ClN2O3. The first kappa shape index (κ1) is 15.2. The summed E-state index contributed by atoms with van der Waals surface area (Å²) in [4.78, 5) is 24.6. The lowest BCUT2D eigenvalue weighted by molar-refractivity contribution is -0.151. The van der Waals surface area contributed by atoms with Crippen molar-refractivity contribution in [3.63, 3.8) is 0 Å². The van der Waals surface area contributed by atoms with Gasteiger partial charge in [0, 0.05) is 20.1 Å². The van der Waals surface area contributed by atoms with Crippen molar-refractivity contribution in [2.45, 2.75) is 32.4 Å². The Labute approximate surface area is 102 Å². The van der Waals surface area contributed by atoms with Crippen molar-refractivity contribution in [2.75, 3.05) is 20.1 Å². The maximum Gasteiger partial charge on any atom is 0.308 e.